The zero-order chi connectivity index (χ0) is 14.6. The quantitative estimate of drug-likeness (QED) is 0.804. The second kappa shape index (κ2) is 7.26. The second-order valence-corrected chi connectivity index (χ2v) is 6.08. The molecule has 0 aliphatic heterocycles. The van der Waals surface area contributed by atoms with Gasteiger partial charge in [0.15, 0.2) is 0 Å². The number of nitrogens with two attached hydrogens (primary N) is 1. The summed E-state index contributed by atoms with van der Waals surface area (Å²) in [5.74, 6) is 0.589. The molecule has 0 heterocycles. The lowest BCUT2D eigenvalue weighted by Gasteiger charge is -2.18. The van der Waals surface area contributed by atoms with Crippen molar-refractivity contribution in [2.45, 2.75) is 26.3 Å². The Hall–Kier alpha value is -0.590. The molecule has 1 aromatic rings. The van der Waals surface area contributed by atoms with E-state index in [1.165, 1.54) is 0 Å². The number of rotatable bonds is 5. The van der Waals surface area contributed by atoms with Crippen LogP contribution in [0.4, 0.5) is 5.69 Å². The van der Waals surface area contributed by atoms with Crippen molar-refractivity contribution in [3.05, 3.63) is 21.1 Å². The summed E-state index contributed by atoms with van der Waals surface area (Å²) < 4.78 is 6.78. The highest BCUT2D eigenvalue weighted by molar-refractivity contribution is 9.11. The third-order valence-corrected chi connectivity index (χ3v) is 4.33. The summed E-state index contributed by atoms with van der Waals surface area (Å²) in [6, 6.07) is 3.05. The SMILES string of the molecule is CC[C@H](C)[C@H](N)C(=O)Nc1cc(OC)c(Br)cc1Br. The number of anilines is 1. The first-order chi connectivity index (χ1) is 8.90. The van der Waals surface area contributed by atoms with Crippen molar-refractivity contribution < 1.29 is 9.53 Å². The van der Waals surface area contributed by atoms with Crippen LogP contribution < -0.4 is 15.8 Å². The molecule has 0 fully saturated rings. The first-order valence-electron chi connectivity index (χ1n) is 6.00. The summed E-state index contributed by atoms with van der Waals surface area (Å²) >= 11 is 6.78. The Kier molecular flexibility index (Phi) is 6.29. The largest absolute Gasteiger partial charge is 0.495 e. The zero-order valence-electron chi connectivity index (χ0n) is 11.2. The van der Waals surface area contributed by atoms with Gasteiger partial charge in [0.05, 0.1) is 23.3 Å². The molecule has 0 aliphatic carbocycles. The maximum Gasteiger partial charge on any atom is 0.241 e. The number of benzene rings is 1. The van der Waals surface area contributed by atoms with Crippen molar-refractivity contribution in [2.24, 2.45) is 11.7 Å². The van der Waals surface area contributed by atoms with E-state index in [0.29, 0.717) is 11.4 Å². The summed E-state index contributed by atoms with van der Waals surface area (Å²) in [5.41, 5.74) is 6.54. The summed E-state index contributed by atoms with van der Waals surface area (Å²) in [7, 11) is 1.57. The van der Waals surface area contributed by atoms with Crippen LogP contribution in [0.5, 0.6) is 5.75 Å². The fourth-order valence-corrected chi connectivity index (χ4v) is 2.76. The number of hydrogen-bond donors (Lipinski definition) is 2. The van der Waals surface area contributed by atoms with Crippen molar-refractivity contribution in [3.63, 3.8) is 0 Å². The lowest BCUT2D eigenvalue weighted by Crippen LogP contribution is -2.40. The van der Waals surface area contributed by atoms with E-state index >= 15 is 0 Å². The van der Waals surface area contributed by atoms with E-state index in [9.17, 15) is 4.79 Å². The van der Waals surface area contributed by atoms with Gasteiger partial charge in [-0.3, -0.25) is 4.79 Å². The predicted molar refractivity (Wildman–Crippen MR) is 84.5 cm³/mol. The van der Waals surface area contributed by atoms with Crippen molar-refractivity contribution in [1.29, 1.82) is 0 Å². The molecule has 1 aromatic carbocycles. The van der Waals surface area contributed by atoms with E-state index in [1.807, 2.05) is 19.9 Å². The second-order valence-electron chi connectivity index (χ2n) is 4.37. The molecule has 0 saturated heterocycles. The molecule has 1 amide bonds. The summed E-state index contributed by atoms with van der Waals surface area (Å²) in [6.07, 6.45) is 0.861. The molecule has 19 heavy (non-hydrogen) atoms. The van der Waals surface area contributed by atoms with Crippen molar-refractivity contribution in [1.82, 2.24) is 0 Å². The molecule has 106 valence electrons. The van der Waals surface area contributed by atoms with Gasteiger partial charge >= 0.3 is 0 Å². The summed E-state index contributed by atoms with van der Waals surface area (Å²) in [4.78, 5) is 12.0. The Labute approximate surface area is 130 Å². The summed E-state index contributed by atoms with van der Waals surface area (Å²) in [5, 5.41) is 2.82. The average molecular weight is 394 g/mol. The molecule has 0 unspecified atom stereocenters. The molecule has 6 heteroatoms. The number of carbonyl (C=O) groups excluding carboxylic acids is 1. The number of methoxy groups -OCH3 is 1. The van der Waals surface area contributed by atoms with Crippen LogP contribution in [0.2, 0.25) is 0 Å². The van der Waals surface area contributed by atoms with E-state index in [1.54, 1.807) is 13.2 Å². The van der Waals surface area contributed by atoms with Crippen LogP contribution in [0.15, 0.2) is 21.1 Å². The molecular weight excluding hydrogens is 376 g/mol. The van der Waals surface area contributed by atoms with E-state index in [2.05, 4.69) is 37.2 Å². The molecular formula is C13H18Br2N2O2. The van der Waals surface area contributed by atoms with Gasteiger partial charge < -0.3 is 15.8 Å². The molecule has 4 nitrogen and oxygen atoms in total. The van der Waals surface area contributed by atoms with E-state index in [4.69, 9.17) is 10.5 Å². The standard InChI is InChI=1S/C13H18Br2N2O2/c1-4-7(2)12(16)13(18)17-10-6-11(19-3)9(15)5-8(10)14/h5-7,12H,4,16H2,1-3H3,(H,17,18)/t7-,12-/m0/s1. The van der Waals surface area contributed by atoms with Gasteiger partial charge in [0, 0.05) is 10.5 Å². The van der Waals surface area contributed by atoms with Gasteiger partial charge in [0.25, 0.3) is 0 Å². The van der Waals surface area contributed by atoms with Crippen LogP contribution >= 0.6 is 31.9 Å². The highest BCUT2D eigenvalue weighted by Crippen LogP contribution is 2.34. The van der Waals surface area contributed by atoms with E-state index in [0.717, 1.165) is 15.4 Å². The molecule has 0 spiro atoms. The molecule has 0 aromatic heterocycles. The Balaban J connectivity index is 2.90. The van der Waals surface area contributed by atoms with Crippen LogP contribution in [0, 0.1) is 5.92 Å². The fraction of sp³-hybridized carbons (Fsp3) is 0.462. The maximum absolute atomic E-state index is 12.0. The Morgan fingerprint density at radius 3 is 2.58 bits per heavy atom. The number of halogens is 2. The maximum atomic E-state index is 12.0. The molecule has 3 N–H and O–H groups in total. The normalized spacial score (nSPS) is 13.8. The molecule has 2 atom stereocenters. The monoisotopic (exact) mass is 392 g/mol. The van der Waals surface area contributed by atoms with E-state index in [-0.39, 0.29) is 11.8 Å². The number of amides is 1. The topological polar surface area (TPSA) is 64.4 Å². The average Bonchev–Trinajstić information content (AvgIpc) is 2.39. The number of nitrogens with one attached hydrogen (secondary N) is 1. The Bertz CT molecular complexity index is 466. The van der Waals surface area contributed by atoms with Gasteiger partial charge in [-0.2, -0.15) is 0 Å². The molecule has 0 radical (unpaired) electrons. The van der Waals surface area contributed by atoms with Crippen molar-refractivity contribution in [3.8, 4) is 5.75 Å². The highest BCUT2D eigenvalue weighted by atomic mass is 79.9. The Morgan fingerprint density at radius 1 is 1.42 bits per heavy atom. The van der Waals surface area contributed by atoms with Gasteiger partial charge in [0.1, 0.15) is 5.75 Å². The Morgan fingerprint density at radius 2 is 2.05 bits per heavy atom. The lowest BCUT2D eigenvalue weighted by atomic mass is 9.99. The van der Waals surface area contributed by atoms with Crippen LogP contribution in [0.25, 0.3) is 0 Å². The minimum Gasteiger partial charge on any atom is -0.495 e. The van der Waals surface area contributed by atoms with Crippen LogP contribution in [-0.2, 0) is 4.79 Å². The molecule has 0 saturated carbocycles. The zero-order valence-corrected chi connectivity index (χ0v) is 14.3. The third kappa shape index (κ3) is 4.19. The number of carbonyl (C=O) groups is 1. The van der Waals surface area contributed by atoms with Gasteiger partial charge in [-0.15, -0.1) is 0 Å². The first kappa shape index (κ1) is 16.5. The number of hydrogen-bond acceptors (Lipinski definition) is 3. The fourth-order valence-electron chi connectivity index (χ4n) is 1.51. The lowest BCUT2D eigenvalue weighted by molar-refractivity contribution is -0.118. The van der Waals surface area contributed by atoms with E-state index < -0.39 is 6.04 Å². The van der Waals surface area contributed by atoms with Crippen LogP contribution in [-0.4, -0.2) is 19.1 Å². The third-order valence-electron chi connectivity index (χ3n) is 3.06. The van der Waals surface area contributed by atoms with Gasteiger partial charge in [-0.25, -0.2) is 0 Å². The van der Waals surface area contributed by atoms with Gasteiger partial charge in [-0.05, 0) is 43.8 Å². The van der Waals surface area contributed by atoms with Crippen molar-refractivity contribution >= 4 is 43.5 Å². The molecule has 1 rings (SSSR count). The molecule has 0 bridgehead atoms. The summed E-state index contributed by atoms with van der Waals surface area (Å²) in [6.45, 7) is 3.97. The minimum absolute atomic E-state index is 0.135. The van der Waals surface area contributed by atoms with Crippen LogP contribution in [0.3, 0.4) is 0 Å². The minimum atomic E-state index is -0.522. The smallest absolute Gasteiger partial charge is 0.241 e. The van der Waals surface area contributed by atoms with Crippen LogP contribution in [0.1, 0.15) is 20.3 Å². The molecule has 0 aliphatic rings. The van der Waals surface area contributed by atoms with Gasteiger partial charge in [-0.1, -0.05) is 20.3 Å². The van der Waals surface area contributed by atoms with Crippen molar-refractivity contribution in [2.75, 3.05) is 12.4 Å². The van der Waals surface area contributed by atoms with Gasteiger partial charge in [0.2, 0.25) is 5.91 Å². The highest BCUT2D eigenvalue weighted by Gasteiger charge is 2.20. The predicted octanol–water partition coefficient (Wildman–Crippen LogP) is 3.53. The first-order valence-corrected chi connectivity index (χ1v) is 7.58. The number of ether oxygens (including phenoxy) is 1.